The summed E-state index contributed by atoms with van der Waals surface area (Å²) in [5.74, 6) is 0.723. The molecule has 0 radical (unpaired) electrons. The third-order valence-electron chi connectivity index (χ3n) is 7.55. The molecule has 0 aliphatic heterocycles. The summed E-state index contributed by atoms with van der Waals surface area (Å²) in [5, 5.41) is 4.05. The molecule has 206 valence electrons. The van der Waals surface area contributed by atoms with Gasteiger partial charge in [0, 0.05) is 42.7 Å². The maximum absolute atomic E-state index is 13.0. The number of methoxy groups -OCH3 is 1. The van der Waals surface area contributed by atoms with Crippen LogP contribution in [0.3, 0.4) is 0 Å². The summed E-state index contributed by atoms with van der Waals surface area (Å²) in [6.07, 6.45) is 4.24. The van der Waals surface area contributed by atoms with Crippen molar-refractivity contribution in [2.45, 2.75) is 26.2 Å². The van der Waals surface area contributed by atoms with Crippen LogP contribution in [-0.2, 0) is 26.9 Å². The molecule has 4 aromatic rings. The largest absolute Gasteiger partial charge is 0.481 e. The van der Waals surface area contributed by atoms with Crippen molar-refractivity contribution in [3.63, 3.8) is 0 Å². The van der Waals surface area contributed by atoms with E-state index in [1.807, 2.05) is 43.3 Å². The Balaban J connectivity index is 1.62. The van der Waals surface area contributed by atoms with E-state index in [-0.39, 0.29) is 16.4 Å². The zero-order valence-electron chi connectivity index (χ0n) is 22.8. The van der Waals surface area contributed by atoms with E-state index in [2.05, 4.69) is 11.4 Å². The van der Waals surface area contributed by atoms with E-state index >= 15 is 0 Å². The number of halogens is 1. The van der Waals surface area contributed by atoms with Gasteiger partial charge in [0.2, 0.25) is 5.88 Å². The van der Waals surface area contributed by atoms with Gasteiger partial charge in [-0.3, -0.25) is 13.9 Å². The van der Waals surface area contributed by atoms with Crippen molar-refractivity contribution in [3.8, 4) is 28.3 Å². The van der Waals surface area contributed by atoms with Crippen LogP contribution in [0.2, 0.25) is 5.02 Å². The Labute approximate surface area is 236 Å². The second-order valence-electron chi connectivity index (χ2n) is 9.82. The predicted octanol–water partition coefficient (Wildman–Crippen LogP) is 2.11. The maximum Gasteiger partial charge on any atom is 0.330 e. The van der Waals surface area contributed by atoms with Gasteiger partial charge in [0.25, 0.3) is 5.56 Å². The van der Waals surface area contributed by atoms with Crippen molar-refractivity contribution >= 4 is 29.3 Å². The molecule has 0 atom stereocenters. The second-order valence-corrected chi connectivity index (χ2v) is 10.2. The summed E-state index contributed by atoms with van der Waals surface area (Å²) in [4.78, 5) is 30.1. The minimum Gasteiger partial charge on any atom is -0.481 e. The lowest BCUT2D eigenvalue weighted by Crippen LogP contribution is -2.59. The number of nitrogens with one attached hydrogen (secondary N) is 1. The molecule has 1 aliphatic carbocycles. The van der Waals surface area contributed by atoms with Crippen LogP contribution in [0.5, 0.6) is 5.88 Å². The summed E-state index contributed by atoms with van der Waals surface area (Å²) in [6.45, 7) is 1.94. The Morgan fingerprint density at radius 1 is 1.07 bits per heavy atom. The van der Waals surface area contributed by atoms with Gasteiger partial charge in [0.05, 0.1) is 23.2 Å². The van der Waals surface area contributed by atoms with Crippen molar-refractivity contribution in [3.05, 3.63) is 95.6 Å². The highest BCUT2D eigenvalue weighted by molar-refractivity contribution is 6.36. The number of fused-ring (bicyclic) bond motifs is 1. The average Bonchev–Trinajstić information content (AvgIpc) is 3.43. The van der Waals surface area contributed by atoms with Gasteiger partial charge >= 0.3 is 5.69 Å². The molecule has 2 heterocycles. The topological polar surface area (TPSA) is 130 Å². The van der Waals surface area contributed by atoms with Crippen molar-refractivity contribution in [1.82, 2.24) is 14.1 Å². The lowest BCUT2D eigenvalue weighted by Gasteiger charge is -2.17. The van der Waals surface area contributed by atoms with Crippen LogP contribution >= 0.6 is 11.6 Å². The van der Waals surface area contributed by atoms with E-state index in [0.717, 1.165) is 51.8 Å². The Morgan fingerprint density at radius 3 is 2.50 bits per heavy atom. The highest BCUT2D eigenvalue weighted by atomic mass is 35.5. The van der Waals surface area contributed by atoms with Gasteiger partial charge in [0.1, 0.15) is 11.0 Å². The van der Waals surface area contributed by atoms with Crippen LogP contribution in [0.1, 0.15) is 23.1 Å². The first-order chi connectivity index (χ1) is 19.2. The van der Waals surface area contributed by atoms with Crippen LogP contribution in [-0.4, -0.2) is 21.2 Å². The predicted molar refractivity (Wildman–Crippen MR) is 159 cm³/mol. The Hall–Kier alpha value is -4.50. The van der Waals surface area contributed by atoms with Gasteiger partial charge in [-0.05, 0) is 55.0 Å². The van der Waals surface area contributed by atoms with Gasteiger partial charge in [-0.1, -0.05) is 41.9 Å². The van der Waals surface area contributed by atoms with Gasteiger partial charge in [-0.2, -0.15) is 0 Å². The highest BCUT2D eigenvalue weighted by Crippen LogP contribution is 2.40. The summed E-state index contributed by atoms with van der Waals surface area (Å²) >= 11 is 7.03. The van der Waals surface area contributed by atoms with E-state index in [0.29, 0.717) is 16.6 Å². The molecule has 5 N–H and O–H groups in total. The summed E-state index contributed by atoms with van der Waals surface area (Å²) in [6, 6.07) is 13.7. The van der Waals surface area contributed by atoms with Gasteiger partial charge in [-0.15, -0.1) is 0 Å². The monoisotopic (exact) mass is 558 g/mol. The smallest absolute Gasteiger partial charge is 0.330 e. The average molecular weight is 559 g/mol. The molecule has 0 bridgehead atoms. The Kier molecular flexibility index (Phi) is 7.16. The molecular weight excluding hydrogens is 528 g/mol. The zero-order valence-corrected chi connectivity index (χ0v) is 23.6. The fourth-order valence-electron chi connectivity index (χ4n) is 5.37. The number of hydrogen-bond donors (Lipinski definition) is 3. The normalized spacial score (nSPS) is 13.8. The van der Waals surface area contributed by atoms with Crippen molar-refractivity contribution in [2.24, 2.45) is 25.6 Å². The van der Waals surface area contributed by atoms with E-state index in [4.69, 9.17) is 32.8 Å². The third kappa shape index (κ3) is 4.42. The number of anilines is 1. The standard InChI is InChI=1S/C30H31ClN6O3/c1-16-18(9-7-13-22(16)34-27(33)25-24(15-32)36(2)30(39)37(3)29(25)38)20-11-6-12-21(26(20)31)23-14-17-8-5-10-19(17)28(35-23)40-4/h6-7,9,11-15,34H,5,8,10,32-33H2,1-4H3/b24-15+,27-25-. The zero-order chi connectivity index (χ0) is 28.7. The lowest BCUT2D eigenvalue weighted by atomic mass is 9.96. The lowest BCUT2D eigenvalue weighted by molar-refractivity contribution is 0.394. The van der Waals surface area contributed by atoms with E-state index in [9.17, 15) is 9.59 Å². The van der Waals surface area contributed by atoms with Crippen LogP contribution < -0.4 is 43.3 Å². The molecule has 1 aliphatic rings. The number of benzene rings is 2. The number of pyridine rings is 1. The van der Waals surface area contributed by atoms with Crippen molar-refractivity contribution in [2.75, 3.05) is 12.4 Å². The van der Waals surface area contributed by atoms with Gasteiger partial charge < -0.3 is 21.5 Å². The Morgan fingerprint density at radius 2 is 1.77 bits per heavy atom. The minimum absolute atomic E-state index is 0.0717. The number of aromatic nitrogens is 3. The minimum atomic E-state index is -0.549. The quantitative estimate of drug-likeness (QED) is 0.342. The molecule has 9 nitrogen and oxygen atoms in total. The van der Waals surface area contributed by atoms with Crippen molar-refractivity contribution in [1.29, 1.82) is 0 Å². The van der Waals surface area contributed by atoms with E-state index < -0.39 is 11.2 Å². The maximum atomic E-state index is 13.0. The van der Waals surface area contributed by atoms with Crippen LogP contribution in [0, 0.1) is 6.92 Å². The van der Waals surface area contributed by atoms with E-state index in [1.165, 1.54) is 36.0 Å². The molecule has 40 heavy (non-hydrogen) atoms. The number of ether oxygens (including phenoxy) is 1. The highest BCUT2D eigenvalue weighted by Gasteiger charge is 2.21. The molecule has 0 unspecified atom stereocenters. The fraction of sp³-hybridized carbons (Fsp3) is 0.233. The first kappa shape index (κ1) is 27.1. The van der Waals surface area contributed by atoms with Crippen LogP contribution in [0.15, 0.2) is 52.1 Å². The molecular formula is C30H31ClN6O3. The third-order valence-corrected chi connectivity index (χ3v) is 7.96. The molecule has 0 spiro atoms. The Bertz CT molecular complexity index is 1910. The number of rotatable bonds is 5. The van der Waals surface area contributed by atoms with Crippen LogP contribution in [0.25, 0.3) is 34.4 Å². The molecule has 10 heteroatoms. The first-order valence-electron chi connectivity index (χ1n) is 12.9. The molecule has 0 amide bonds. The molecule has 0 fully saturated rings. The number of nitrogens with two attached hydrogens (primary N) is 2. The van der Waals surface area contributed by atoms with Gasteiger partial charge in [0.15, 0.2) is 0 Å². The molecule has 0 saturated carbocycles. The number of aryl methyl sites for hydroxylation is 1. The van der Waals surface area contributed by atoms with Gasteiger partial charge in [-0.25, -0.2) is 9.78 Å². The summed E-state index contributed by atoms with van der Waals surface area (Å²) < 4.78 is 7.87. The van der Waals surface area contributed by atoms with E-state index in [1.54, 1.807) is 7.11 Å². The number of nitrogens with zero attached hydrogens (tertiary/aromatic N) is 3. The first-order valence-corrected chi connectivity index (χ1v) is 13.3. The SMILES string of the molecule is COc1nc(-c2cccc(-c3cccc(N/C(N)=c4\c(=O)n(C)c(=O)n(C)\c4=C\N)c3C)c2Cl)cc2c1CCC2. The molecule has 2 aromatic carbocycles. The second kappa shape index (κ2) is 10.6. The summed E-state index contributed by atoms with van der Waals surface area (Å²) in [5.41, 5.74) is 18.4. The van der Waals surface area contributed by atoms with Crippen molar-refractivity contribution < 1.29 is 4.74 Å². The molecule has 5 rings (SSSR count). The molecule has 2 aromatic heterocycles. The number of hydrogen-bond acceptors (Lipinski definition) is 7. The fourth-order valence-corrected chi connectivity index (χ4v) is 5.69. The molecule has 0 saturated heterocycles. The van der Waals surface area contributed by atoms with Crippen LogP contribution in [0.4, 0.5) is 5.69 Å². The summed E-state index contributed by atoms with van der Waals surface area (Å²) in [7, 11) is 4.57.